The third-order valence-corrected chi connectivity index (χ3v) is 4.33. The number of ether oxygens (including phenoxy) is 1. The molecule has 0 atom stereocenters. The van der Waals surface area contributed by atoms with Crippen LogP contribution in [0.3, 0.4) is 0 Å². The second-order valence-electron chi connectivity index (χ2n) is 4.53. The van der Waals surface area contributed by atoms with E-state index in [2.05, 4.69) is 21.2 Å². The summed E-state index contributed by atoms with van der Waals surface area (Å²) in [6.45, 7) is 0.168. The fourth-order valence-corrected chi connectivity index (χ4v) is 3.03. The van der Waals surface area contributed by atoms with Crippen molar-refractivity contribution in [2.45, 2.75) is 6.42 Å². The van der Waals surface area contributed by atoms with Crippen LogP contribution < -0.4 is 15.8 Å². The molecule has 1 aromatic heterocycles. The van der Waals surface area contributed by atoms with Crippen LogP contribution in [0.4, 0.5) is 5.69 Å². The minimum atomic E-state index is -0.434. The van der Waals surface area contributed by atoms with Gasteiger partial charge in [-0.1, -0.05) is 12.1 Å². The van der Waals surface area contributed by atoms with Crippen molar-refractivity contribution < 1.29 is 14.3 Å². The zero-order chi connectivity index (χ0) is 16.7. The van der Waals surface area contributed by atoms with Gasteiger partial charge in [-0.05, 0) is 46.3 Å². The Kier molecular flexibility index (Phi) is 6.37. The number of amides is 2. The Morgan fingerprint density at radius 2 is 2.04 bits per heavy atom. The lowest BCUT2D eigenvalue weighted by atomic mass is 10.3. The topological polar surface area (TPSA) is 81.4 Å². The summed E-state index contributed by atoms with van der Waals surface area (Å²) in [7, 11) is 0. The Labute approximate surface area is 146 Å². The highest BCUT2D eigenvalue weighted by atomic mass is 79.9. The molecular weight excluding hydrogens is 380 g/mol. The molecule has 0 spiro atoms. The number of nitrogens with one attached hydrogen (secondary N) is 1. The smallest absolute Gasteiger partial charge is 0.248 e. The van der Waals surface area contributed by atoms with Crippen molar-refractivity contribution in [3.63, 3.8) is 0 Å². The van der Waals surface area contributed by atoms with Crippen LogP contribution in [0.5, 0.6) is 5.75 Å². The van der Waals surface area contributed by atoms with Gasteiger partial charge in [0.15, 0.2) is 0 Å². The number of primary amides is 1. The number of rotatable bonds is 7. The highest BCUT2D eigenvalue weighted by molar-refractivity contribution is 9.11. The molecular formula is C16H15BrN2O3S. The minimum Gasteiger partial charge on any atom is -0.491 e. The van der Waals surface area contributed by atoms with Crippen LogP contribution in [0.25, 0.3) is 6.08 Å². The molecule has 0 aliphatic heterocycles. The number of para-hydroxylation sites is 2. The Morgan fingerprint density at radius 1 is 1.26 bits per heavy atom. The number of nitrogens with two attached hydrogens (primary N) is 1. The van der Waals surface area contributed by atoms with Crippen molar-refractivity contribution in [1.29, 1.82) is 0 Å². The normalized spacial score (nSPS) is 10.7. The fourth-order valence-electron chi connectivity index (χ4n) is 1.71. The number of hydrogen-bond acceptors (Lipinski definition) is 4. The molecule has 2 amide bonds. The maximum absolute atomic E-state index is 12.0. The zero-order valence-electron chi connectivity index (χ0n) is 12.1. The van der Waals surface area contributed by atoms with Crippen LogP contribution in [0.2, 0.25) is 0 Å². The molecule has 1 aromatic carbocycles. The number of carbonyl (C=O) groups is 2. The summed E-state index contributed by atoms with van der Waals surface area (Å²) >= 11 is 4.91. The fraction of sp³-hybridized carbons (Fsp3) is 0.125. The Balaban J connectivity index is 1.97. The summed E-state index contributed by atoms with van der Waals surface area (Å²) in [4.78, 5) is 23.7. The van der Waals surface area contributed by atoms with E-state index in [9.17, 15) is 9.59 Å². The third kappa shape index (κ3) is 5.88. The maximum atomic E-state index is 12.0. The molecule has 5 nitrogen and oxygen atoms in total. The third-order valence-electron chi connectivity index (χ3n) is 2.74. The lowest BCUT2D eigenvalue weighted by molar-refractivity contribution is -0.118. The monoisotopic (exact) mass is 394 g/mol. The maximum Gasteiger partial charge on any atom is 0.248 e. The molecule has 0 saturated heterocycles. The van der Waals surface area contributed by atoms with Crippen LogP contribution in [0.1, 0.15) is 11.3 Å². The average Bonchev–Trinajstić information content (AvgIpc) is 2.92. The molecule has 3 N–H and O–H groups in total. The van der Waals surface area contributed by atoms with E-state index in [1.807, 2.05) is 12.1 Å². The molecule has 0 saturated carbocycles. The largest absolute Gasteiger partial charge is 0.491 e. The van der Waals surface area contributed by atoms with Crippen molar-refractivity contribution in [3.8, 4) is 5.75 Å². The van der Waals surface area contributed by atoms with Gasteiger partial charge in [-0.2, -0.15) is 0 Å². The molecule has 2 aromatic rings. The zero-order valence-corrected chi connectivity index (χ0v) is 14.5. The Bertz CT molecular complexity index is 728. The summed E-state index contributed by atoms with van der Waals surface area (Å²) < 4.78 is 6.48. The number of hydrogen-bond donors (Lipinski definition) is 2. The van der Waals surface area contributed by atoms with E-state index in [0.717, 1.165) is 8.66 Å². The van der Waals surface area contributed by atoms with Crippen molar-refractivity contribution >= 4 is 50.8 Å². The average molecular weight is 395 g/mol. The number of benzene rings is 1. The van der Waals surface area contributed by atoms with E-state index in [-0.39, 0.29) is 18.9 Å². The highest BCUT2D eigenvalue weighted by Crippen LogP contribution is 2.25. The van der Waals surface area contributed by atoms with Crippen molar-refractivity contribution in [2.24, 2.45) is 5.73 Å². The van der Waals surface area contributed by atoms with E-state index < -0.39 is 5.91 Å². The van der Waals surface area contributed by atoms with Gasteiger partial charge in [0, 0.05) is 11.0 Å². The van der Waals surface area contributed by atoms with Gasteiger partial charge < -0.3 is 15.8 Å². The number of carbonyl (C=O) groups excluding carboxylic acids is 2. The number of halogens is 1. The molecule has 23 heavy (non-hydrogen) atoms. The first kappa shape index (κ1) is 17.2. The summed E-state index contributed by atoms with van der Waals surface area (Å²) in [5.41, 5.74) is 5.61. The SMILES string of the molecule is NC(=O)CCOc1ccccc1NC(=O)/C=C/c1ccc(Br)s1. The standard InChI is InChI=1S/C16H15BrN2O3S/c17-14-7-5-11(23-14)6-8-16(21)19-12-3-1-2-4-13(12)22-10-9-15(18)20/h1-8H,9-10H2,(H2,18,20)(H,19,21)/b8-6+. The first-order chi connectivity index (χ1) is 11.0. The predicted molar refractivity (Wildman–Crippen MR) is 95.4 cm³/mol. The van der Waals surface area contributed by atoms with Crippen molar-refractivity contribution in [2.75, 3.05) is 11.9 Å². The number of thiophene rings is 1. The molecule has 0 aliphatic rings. The molecule has 1 heterocycles. The molecule has 2 rings (SSSR count). The minimum absolute atomic E-state index is 0.120. The molecule has 0 aliphatic carbocycles. The van der Waals surface area contributed by atoms with Crippen LogP contribution in [-0.4, -0.2) is 18.4 Å². The second-order valence-corrected chi connectivity index (χ2v) is 7.02. The van der Waals surface area contributed by atoms with Gasteiger partial charge in [0.2, 0.25) is 11.8 Å². The van der Waals surface area contributed by atoms with E-state index in [1.54, 1.807) is 30.3 Å². The van der Waals surface area contributed by atoms with Gasteiger partial charge >= 0.3 is 0 Å². The lowest BCUT2D eigenvalue weighted by Crippen LogP contribution is -2.15. The summed E-state index contributed by atoms with van der Waals surface area (Å²) in [6, 6.07) is 10.9. The van der Waals surface area contributed by atoms with Crippen LogP contribution in [-0.2, 0) is 9.59 Å². The molecule has 0 radical (unpaired) electrons. The van der Waals surface area contributed by atoms with E-state index in [1.165, 1.54) is 17.4 Å². The Morgan fingerprint density at radius 3 is 2.74 bits per heavy atom. The number of anilines is 1. The molecule has 7 heteroatoms. The van der Waals surface area contributed by atoms with Crippen molar-refractivity contribution in [1.82, 2.24) is 0 Å². The summed E-state index contributed by atoms with van der Waals surface area (Å²) in [5.74, 6) is -0.202. The van der Waals surface area contributed by atoms with Gasteiger partial charge in [-0.15, -0.1) is 11.3 Å². The van der Waals surface area contributed by atoms with Gasteiger partial charge in [-0.3, -0.25) is 9.59 Å². The van der Waals surface area contributed by atoms with Gasteiger partial charge in [-0.25, -0.2) is 0 Å². The predicted octanol–water partition coefficient (Wildman–Crippen LogP) is 3.42. The molecule has 0 unspecified atom stereocenters. The molecule has 0 bridgehead atoms. The second kappa shape index (κ2) is 8.50. The summed E-state index contributed by atoms with van der Waals surface area (Å²) in [5, 5.41) is 2.75. The van der Waals surface area contributed by atoms with Crippen LogP contribution in [0.15, 0.2) is 46.3 Å². The molecule has 0 fully saturated rings. The van der Waals surface area contributed by atoms with Crippen molar-refractivity contribution in [3.05, 3.63) is 51.1 Å². The van der Waals surface area contributed by atoms with Crippen LogP contribution in [0, 0.1) is 0 Å². The summed E-state index contributed by atoms with van der Waals surface area (Å²) in [6.07, 6.45) is 3.31. The van der Waals surface area contributed by atoms with E-state index >= 15 is 0 Å². The first-order valence-electron chi connectivity index (χ1n) is 6.79. The van der Waals surface area contributed by atoms with E-state index in [0.29, 0.717) is 11.4 Å². The van der Waals surface area contributed by atoms with Gasteiger partial charge in [0.25, 0.3) is 0 Å². The highest BCUT2D eigenvalue weighted by Gasteiger charge is 2.06. The Hall–Kier alpha value is -2.12. The molecule has 120 valence electrons. The van der Waals surface area contributed by atoms with Gasteiger partial charge in [0.05, 0.1) is 22.5 Å². The van der Waals surface area contributed by atoms with Crippen LogP contribution >= 0.6 is 27.3 Å². The first-order valence-corrected chi connectivity index (χ1v) is 8.40. The quantitative estimate of drug-likeness (QED) is 0.705. The van der Waals surface area contributed by atoms with Gasteiger partial charge in [0.1, 0.15) is 5.75 Å². The van der Waals surface area contributed by atoms with E-state index in [4.69, 9.17) is 10.5 Å². The lowest BCUT2D eigenvalue weighted by Gasteiger charge is -2.10.